The summed E-state index contributed by atoms with van der Waals surface area (Å²) < 4.78 is 1.47. The maximum atomic E-state index is 12.6. The van der Waals surface area contributed by atoms with Crippen LogP contribution >= 0.6 is 51.5 Å². The summed E-state index contributed by atoms with van der Waals surface area (Å²) in [7, 11) is 0. The molecule has 0 unspecified atom stereocenters. The first kappa shape index (κ1) is 15.7. The Hall–Kier alpha value is -1.14. The Labute approximate surface area is 151 Å². The largest absolute Gasteiger partial charge is 0.270 e. The van der Waals surface area contributed by atoms with Gasteiger partial charge in [-0.1, -0.05) is 69.7 Å². The Balaban J connectivity index is 1.95. The highest BCUT2D eigenvalue weighted by molar-refractivity contribution is 9.10. The van der Waals surface area contributed by atoms with Gasteiger partial charge in [0.05, 0.1) is 10.6 Å². The Morgan fingerprint density at radius 2 is 1.95 bits per heavy atom. The number of halogens is 2. The van der Waals surface area contributed by atoms with Crippen molar-refractivity contribution in [3.63, 3.8) is 0 Å². The second-order valence-electron chi connectivity index (χ2n) is 4.55. The molecule has 0 bridgehead atoms. The molecule has 6 heteroatoms. The molecule has 0 spiro atoms. The van der Waals surface area contributed by atoms with Crippen molar-refractivity contribution in [3.05, 3.63) is 68.5 Å². The predicted octanol–water partition coefficient (Wildman–Crippen LogP) is 5.51. The van der Waals surface area contributed by atoms with E-state index in [0.29, 0.717) is 19.9 Å². The average Bonchev–Trinajstić information content (AvgIpc) is 2.73. The second kappa shape index (κ2) is 6.54. The lowest BCUT2D eigenvalue weighted by molar-refractivity contribution is -0.113. The fraction of sp³-hybridized carbons (Fsp3) is 0. The molecule has 1 fully saturated rings. The quantitative estimate of drug-likeness (QED) is 0.481. The molecule has 1 amide bonds. The topological polar surface area (TPSA) is 20.3 Å². The Morgan fingerprint density at radius 1 is 1.18 bits per heavy atom. The highest BCUT2D eigenvalue weighted by Crippen LogP contribution is 2.36. The van der Waals surface area contributed by atoms with E-state index >= 15 is 0 Å². The van der Waals surface area contributed by atoms with Crippen LogP contribution in [0.2, 0.25) is 5.02 Å². The van der Waals surface area contributed by atoms with Crippen LogP contribution in [0.25, 0.3) is 6.08 Å². The minimum Gasteiger partial charge on any atom is -0.268 e. The van der Waals surface area contributed by atoms with Gasteiger partial charge in [-0.25, -0.2) is 0 Å². The number of carbonyl (C=O) groups excluding carboxylic acids is 1. The van der Waals surface area contributed by atoms with E-state index in [1.807, 2.05) is 36.4 Å². The molecule has 0 aliphatic carbocycles. The third-order valence-electron chi connectivity index (χ3n) is 3.01. The monoisotopic (exact) mass is 409 g/mol. The molecular weight excluding hydrogens is 402 g/mol. The zero-order chi connectivity index (χ0) is 15.7. The van der Waals surface area contributed by atoms with Gasteiger partial charge in [0.25, 0.3) is 5.91 Å². The van der Waals surface area contributed by atoms with E-state index in [2.05, 4.69) is 15.9 Å². The maximum Gasteiger partial charge on any atom is 0.270 e. The van der Waals surface area contributed by atoms with Crippen LogP contribution in [-0.4, -0.2) is 10.2 Å². The van der Waals surface area contributed by atoms with Crippen LogP contribution < -0.4 is 4.90 Å². The molecule has 22 heavy (non-hydrogen) atoms. The van der Waals surface area contributed by atoms with Gasteiger partial charge in [0.15, 0.2) is 4.32 Å². The smallest absolute Gasteiger partial charge is 0.268 e. The van der Waals surface area contributed by atoms with Gasteiger partial charge in [-0.3, -0.25) is 9.69 Å². The van der Waals surface area contributed by atoms with E-state index in [4.69, 9.17) is 23.8 Å². The summed E-state index contributed by atoms with van der Waals surface area (Å²) in [4.78, 5) is 14.7. The Bertz CT molecular complexity index is 806. The summed E-state index contributed by atoms with van der Waals surface area (Å²) >= 11 is 16.0. The van der Waals surface area contributed by atoms with Crippen LogP contribution in [0, 0.1) is 0 Å². The number of benzene rings is 2. The molecule has 0 atom stereocenters. The number of carbonyl (C=O) groups is 1. The van der Waals surface area contributed by atoms with Gasteiger partial charge in [-0.05, 0) is 42.0 Å². The first-order valence-corrected chi connectivity index (χ1v) is 8.73. The Morgan fingerprint density at radius 3 is 2.68 bits per heavy atom. The third kappa shape index (κ3) is 3.27. The van der Waals surface area contributed by atoms with E-state index in [1.165, 1.54) is 16.7 Å². The lowest BCUT2D eigenvalue weighted by atomic mass is 10.2. The minimum absolute atomic E-state index is 0.128. The molecule has 1 aliphatic rings. The van der Waals surface area contributed by atoms with Crippen molar-refractivity contribution in [2.24, 2.45) is 0 Å². The number of anilines is 1. The normalized spacial score (nSPS) is 16.6. The molecule has 3 rings (SSSR count). The zero-order valence-corrected chi connectivity index (χ0v) is 15.1. The highest BCUT2D eigenvalue weighted by atomic mass is 79.9. The lowest BCUT2D eigenvalue weighted by Crippen LogP contribution is -2.27. The molecule has 2 aromatic rings. The summed E-state index contributed by atoms with van der Waals surface area (Å²) in [5, 5.41) is 0.572. The van der Waals surface area contributed by atoms with E-state index in [0.717, 1.165) is 10.0 Å². The van der Waals surface area contributed by atoms with Crippen LogP contribution in [0.5, 0.6) is 0 Å². The molecule has 1 aliphatic heterocycles. The van der Waals surface area contributed by atoms with Crippen molar-refractivity contribution in [3.8, 4) is 0 Å². The van der Waals surface area contributed by atoms with E-state index in [-0.39, 0.29) is 5.91 Å². The molecule has 0 radical (unpaired) electrons. The van der Waals surface area contributed by atoms with Crippen molar-refractivity contribution in [1.82, 2.24) is 0 Å². The molecule has 1 saturated heterocycles. The fourth-order valence-corrected chi connectivity index (χ4v) is 3.95. The van der Waals surface area contributed by atoms with Gasteiger partial charge in [0.2, 0.25) is 0 Å². The number of nitrogens with zero attached hydrogens (tertiary/aromatic N) is 1. The first-order chi connectivity index (χ1) is 10.5. The lowest BCUT2D eigenvalue weighted by Gasteiger charge is -2.14. The fourth-order valence-electron chi connectivity index (χ4n) is 2.05. The van der Waals surface area contributed by atoms with Gasteiger partial charge in [0, 0.05) is 9.50 Å². The maximum absolute atomic E-state index is 12.6. The molecule has 110 valence electrons. The summed E-state index contributed by atoms with van der Waals surface area (Å²) in [5.74, 6) is -0.128. The Kier molecular flexibility index (Phi) is 4.68. The van der Waals surface area contributed by atoms with Crippen LogP contribution in [0.4, 0.5) is 5.69 Å². The second-order valence-corrected chi connectivity index (χ2v) is 7.58. The molecule has 0 saturated carbocycles. The predicted molar refractivity (Wildman–Crippen MR) is 101 cm³/mol. The van der Waals surface area contributed by atoms with Crippen molar-refractivity contribution < 1.29 is 4.79 Å². The van der Waals surface area contributed by atoms with Crippen LogP contribution in [-0.2, 0) is 4.79 Å². The summed E-state index contributed by atoms with van der Waals surface area (Å²) in [6.45, 7) is 0. The first-order valence-electron chi connectivity index (χ1n) is 6.34. The van der Waals surface area contributed by atoms with Gasteiger partial charge < -0.3 is 0 Å². The van der Waals surface area contributed by atoms with Crippen molar-refractivity contribution in [2.45, 2.75) is 0 Å². The number of thioether (sulfide) groups is 1. The van der Waals surface area contributed by atoms with Gasteiger partial charge in [-0.2, -0.15) is 0 Å². The van der Waals surface area contributed by atoms with E-state index in [1.54, 1.807) is 18.2 Å². The van der Waals surface area contributed by atoms with Crippen LogP contribution in [0.3, 0.4) is 0 Å². The third-order valence-corrected chi connectivity index (χ3v) is 5.04. The number of rotatable bonds is 2. The molecule has 0 aromatic heterocycles. The number of hydrogen-bond donors (Lipinski definition) is 0. The van der Waals surface area contributed by atoms with Gasteiger partial charge in [0.1, 0.15) is 0 Å². The van der Waals surface area contributed by atoms with Gasteiger partial charge >= 0.3 is 0 Å². The van der Waals surface area contributed by atoms with Crippen LogP contribution in [0.1, 0.15) is 5.56 Å². The number of thiocarbonyl (C=S) groups is 1. The summed E-state index contributed by atoms with van der Waals surface area (Å²) in [5.41, 5.74) is 1.63. The SMILES string of the molecule is O=C1C(=Cc2cccc(Br)c2)SC(=S)N1c1cccc(Cl)c1. The zero-order valence-electron chi connectivity index (χ0n) is 11.1. The van der Waals surface area contributed by atoms with Crippen molar-refractivity contribution in [2.75, 3.05) is 4.90 Å². The van der Waals surface area contributed by atoms with E-state index < -0.39 is 0 Å². The average molecular weight is 411 g/mol. The summed E-state index contributed by atoms with van der Waals surface area (Å²) in [6.07, 6.45) is 1.84. The highest BCUT2D eigenvalue weighted by Gasteiger charge is 2.33. The van der Waals surface area contributed by atoms with Crippen LogP contribution in [0.15, 0.2) is 57.9 Å². The van der Waals surface area contributed by atoms with Crippen molar-refractivity contribution >= 4 is 73.5 Å². The molecule has 2 nitrogen and oxygen atoms in total. The minimum atomic E-state index is -0.128. The summed E-state index contributed by atoms with van der Waals surface area (Å²) in [6, 6.07) is 14.9. The van der Waals surface area contributed by atoms with E-state index in [9.17, 15) is 4.79 Å². The number of hydrogen-bond acceptors (Lipinski definition) is 3. The molecule has 2 aromatic carbocycles. The number of amides is 1. The van der Waals surface area contributed by atoms with Gasteiger partial charge in [-0.15, -0.1) is 0 Å². The standard InChI is InChI=1S/C16H9BrClNOS2/c17-11-4-1-3-10(7-11)8-14-15(20)19(16(21)22-14)13-6-2-5-12(18)9-13/h1-9H. The molecular formula is C16H9BrClNOS2. The van der Waals surface area contributed by atoms with Crippen molar-refractivity contribution in [1.29, 1.82) is 0 Å². The molecule has 1 heterocycles. The molecule has 0 N–H and O–H groups in total.